The molecule has 0 aliphatic rings. The van der Waals surface area contributed by atoms with Crippen molar-refractivity contribution in [3.63, 3.8) is 0 Å². The molecule has 8 heteroatoms. The van der Waals surface area contributed by atoms with Crippen molar-refractivity contribution >= 4 is 21.8 Å². The summed E-state index contributed by atoms with van der Waals surface area (Å²) in [5.41, 5.74) is 3.08. The van der Waals surface area contributed by atoms with Crippen molar-refractivity contribution in [2.24, 2.45) is 0 Å². The number of carbonyl (C=O) groups is 2. The maximum atomic E-state index is 12.4. The van der Waals surface area contributed by atoms with Gasteiger partial charge >= 0.3 is 0 Å². The van der Waals surface area contributed by atoms with Gasteiger partial charge in [0.2, 0.25) is 15.9 Å². The highest BCUT2D eigenvalue weighted by Gasteiger charge is 2.17. The molecule has 0 aromatic heterocycles. The van der Waals surface area contributed by atoms with Crippen molar-refractivity contribution in [3.8, 4) is 0 Å². The van der Waals surface area contributed by atoms with Gasteiger partial charge in [-0.2, -0.15) is 0 Å². The first-order chi connectivity index (χ1) is 13.6. The highest BCUT2D eigenvalue weighted by atomic mass is 32.2. The predicted molar refractivity (Wildman–Crippen MR) is 112 cm³/mol. The molecule has 2 aromatic carbocycles. The van der Waals surface area contributed by atoms with Crippen LogP contribution in [0.2, 0.25) is 0 Å². The van der Waals surface area contributed by atoms with Crippen molar-refractivity contribution in [1.82, 2.24) is 14.9 Å². The van der Waals surface area contributed by atoms with Crippen LogP contribution < -0.4 is 10.0 Å². The van der Waals surface area contributed by atoms with E-state index in [-0.39, 0.29) is 29.7 Å². The van der Waals surface area contributed by atoms with E-state index >= 15 is 0 Å². The van der Waals surface area contributed by atoms with Gasteiger partial charge in [0.05, 0.1) is 4.90 Å². The minimum atomic E-state index is -3.66. The number of hydrogen-bond acceptors (Lipinski definition) is 4. The molecule has 2 rings (SSSR count). The average Bonchev–Trinajstić information content (AvgIpc) is 2.67. The highest BCUT2D eigenvalue weighted by Crippen LogP contribution is 2.16. The zero-order valence-corrected chi connectivity index (χ0v) is 18.0. The van der Waals surface area contributed by atoms with Gasteiger partial charge in [-0.1, -0.05) is 29.8 Å². The number of aryl methyl sites for hydroxylation is 2. The standard InChI is InChI=1S/C21H27N3O4S/c1-15-5-10-19(16(2)13-15)29(27,28)23-12-11-20(25)24(4)14-17-6-8-18(9-7-17)21(26)22-3/h5-10,13,23H,11-12,14H2,1-4H3,(H,22,26). The largest absolute Gasteiger partial charge is 0.355 e. The minimum absolute atomic E-state index is 0.0223. The lowest BCUT2D eigenvalue weighted by Crippen LogP contribution is -2.32. The summed E-state index contributed by atoms with van der Waals surface area (Å²) in [7, 11) is -0.435. The van der Waals surface area contributed by atoms with Crippen molar-refractivity contribution in [3.05, 3.63) is 64.7 Å². The first-order valence-corrected chi connectivity index (χ1v) is 10.7. The molecule has 2 aromatic rings. The fourth-order valence-electron chi connectivity index (χ4n) is 2.93. The van der Waals surface area contributed by atoms with E-state index in [1.807, 2.05) is 13.0 Å². The number of nitrogens with zero attached hydrogens (tertiary/aromatic N) is 1. The Balaban J connectivity index is 1.89. The zero-order chi connectivity index (χ0) is 21.6. The van der Waals surface area contributed by atoms with E-state index in [2.05, 4.69) is 10.0 Å². The second kappa shape index (κ2) is 9.67. The van der Waals surface area contributed by atoms with Gasteiger partial charge in [0.25, 0.3) is 5.91 Å². The normalized spacial score (nSPS) is 11.2. The van der Waals surface area contributed by atoms with Gasteiger partial charge in [0, 0.05) is 39.2 Å². The zero-order valence-electron chi connectivity index (χ0n) is 17.2. The van der Waals surface area contributed by atoms with E-state index in [1.165, 1.54) is 4.90 Å². The Morgan fingerprint density at radius 1 is 1.03 bits per heavy atom. The summed E-state index contributed by atoms with van der Waals surface area (Å²) in [6.45, 7) is 4.04. The Morgan fingerprint density at radius 3 is 2.28 bits per heavy atom. The first-order valence-electron chi connectivity index (χ1n) is 9.26. The molecule has 0 aliphatic heterocycles. The third kappa shape index (κ3) is 6.13. The quantitative estimate of drug-likeness (QED) is 0.687. The lowest BCUT2D eigenvalue weighted by atomic mass is 10.1. The average molecular weight is 418 g/mol. The minimum Gasteiger partial charge on any atom is -0.355 e. The Bertz CT molecular complexity index is 985. The summed E-state index contributed by atoms with van der Waals surface area (Å²) in [4.78, 5) is 25.6. The molecule has 156 valence electrons. The molecule has 2 amide bonds. The van der Waals surface area contributed by atoms with Crippen LogP contribution in [-0.4, -0.2) is 45.8 Å². The number of amides is 2. The highest BCUT2D eigenvalue weighted by molar-refractivity contribution is 7.89. The topological polar surface area (TPSA) is 95.6 Å². The summed E-state index contributed by atoms with van der Waals surface area (Å²) >= 11 is 0. The summed E-state index contributed by atoms with van der Waals surface area (Å²) in [6, 6.07) is 12.1. The van der Waals surface area contributed by atoms with E-state index in [4.69, 9.17) is 0 Å². The third-order valence-electron chi connectivity index (χ3n) is 4.54. The molecule has 0 unspecified atom stereocenters. The van der Waals surface area contributed by atoms with Gasteiger partial charge in [0.15, 0.2) is 0 Å². The number of hydrogen-bond donors (Lipinski definition) is 2. The molecular formula is C21H27N3O4S. The molecular weight excluding hydrogens is 390 g/mol. The van der Waals surface area contributed by atoms with Crippen molar-refractivity contribution < 1.29 is 18.0 Å². The molecule has 0 atom stereocenters. The van der Waals surface area contributed by atoms with Crippen LogP contribution in [0.25, 0.3) is 0 Å². The van der Waals surface area contributed by atoms with Crippen LogP contribution >= 0.6 is 0 Å². The lowest BCUT2D eigenvalue weighted by Gasteiger charge is -2.18. The van der Waals surface area contributed by atoms with Crippen LogP contribution in [0, 0.1) is 13.8 Å². The predicted octanol–water partition coefficient (Wildman–Crippen LogP) is 1.99. The number of benzene rings is 2. The van der Waals surface area contributed by atoms with Gasteiger partial charge in [-0.15, -0.1) is 0 Å². The molecule has 0 fully saturated rings. The smallest absolute Gasteiger partial charge is 0.251 e. The molecule has 7 nitrogen and oxygen atoms in total. The molecule has 0 saturated heterocycles. The van der Waals surface area contributed by atoms with Gasteiger partial charge in [0.1, 0.15) is 0 Å². The lowest BCUT2D eigenvalue weighted by molar-refractivity contribution is -0.130. The van der Waals surface area contributed by atoms with E-state index in [0.717, 1.165) is 11.1 Å². The number of sulfonamides is 1. The molecule has 0 aliphatic carbocycles. The van der Waals surface area contributed by atoms with Crippen LogP contribution in [-0.2, 0) is 21.4 Å². The number of rotatable bonds is 8. The Labute approximate surface area is 172 Å². The molecule has 29 heavy (non-hydrogen) atoms. The van der Waals surface area contributed by atoms with E-state index in [9.17, 15) is 18.0 Å². The van der Waals surface area contributed by atoms with Crippen LogP contribution in [0.4, 0.5) is 0 Å². The summed E-state index contributed by atoms with van der Waals surface area (Å²) in [5.74, 6) is -0.346. The van der Waals surface area contributed by atoms with Crippen molar-refractivity contribution in [2.45, 2.75) is 31.7 Å². The maximum Gasteiger partial charge on any atom is 0.251 e. The summed E-state index contributed by atoms with van der Waals surface area (Å²) in [6.07, 6.45) is 0.0525. The van der Waals surface area contributed by atoms with Gasteiger partial charge in [-0.25, -0.2) is 13.1 Å². The van der Waals surface area contributed by atoms with Gasteiger partial charge < -0.3 is 10.2 Å². The fraction of sp³-hybridized carbons (Fsp3) is 0.333. The maximum absolute atomic E-state index is 12.4. The monoisotopic (exact) mass is 417 g/mol. The summed E-state index contributed by atoms with van der Waals surface area (Å²) in [5, 5.41) is 2.55. The number of carbonyl (C=O) groups excluding carboxylic acids is 2. The Hall–Kier alpha value is -2.71. The van der Waals surface area contributed by atoms with Crippen LogP contribution in [0.15, 0.2) is 47.4 Å². The molecule has 0 heterocycles. The number of nitrogens with one attached hydrogen (secondary N) is 2. The van der Waals surface area contributed by atoms with Gasteiger partial charge in [-0.05, 0) is 43.2 Å². The van der Waals surface area contributed by atoms with Crippen LogP contribution in [0.5, 0.6) is 0 Å². The second-order valence-electron chi connectivity index (χ2n) is 6.94. The van der Waals surface area contributed by atoms with E-state index in [1.54, 1.807) is 57.4 Å². The molecule has 0 spiro atoms. The molecule has 0 saturated carbocycles. The molecule has 0 bridgehead atoms. The molecule has 0 radical (unpaired) electrons. The second-order valence-corrected chi connectivity index (χ2v) is 8.68. The van der Waals surface area contributed by atoms with Gasteiger partial charge in [-0.3, -0.25) is 9.59 Å². The van der Waals surface area contributed by atoms with Crippen molar-refractivity contribution in [2.75, 3.05) is 20.6 Å². The van der Waals surface area contributed by atoms with E-state index in [0.29, 0.717) is 17.7 Å². The van der Waals surface area contributed by atoms with E-state index < -0.39 is 10.0 Å². The summed E-state index contributed by atoms with van der Waals surface area (Å²) < 4.78 is 27.4. The third-order valence-corrected chi connectivity index (χ3v) is 6.16. The van der Waals surface area contributed by atoms with Crippen LogP contribution in [0.1, 0.15) is 33.5 Å². The fourth-order valence-corrected chi connectivity index (χ4v) is 4.19. The SMILES string of the molecule is CNC(=O)c1ccc(CN(C)C(=O)CCNS(=O)(=O)c2ccc(C)cc2C)cc1. The van der Waals surface area contributed by atoms with Crippen molar-refractivity contribution in [1.29, 1.82) is 0 Å². The first kappa shape index (κ1) is 22.6. The molecule has 2 N–H and O–H groups in total. The Morgan fingerprint density at radius 2 is 1.69 bits per heavy atom. The Kier molecular flexibility index (Phi) is 7.53. The van der Waals surface area contributed by atoms with Crippen LogP contribution in [0.3, 0.4) is 0 Å².